The highest BCUT2D eigenvalue weighted by atomic mass is 16.7. The predicted molar refractivity (Wildman–Crippen MR) is 99.6 cm³/mol. The van der Waals surface area contributed by atoms with E-state index >= 15 is 0 Å². The first-order chi connectivity index (χ1) is 13.5. The van der Waals surface area contributed by atoms with Crippen molar-refractivity contribution < 1.29 is 33.3 Å². The van der Waals surface area contributed by atoms with Gasteiger partial charge in [0.1, 0.15) is 0 Å². The molecule has 0 saturated heterocycles. The molecule has 0 unspecified atom stereocenters. The number of carbonyl (C=O) groups excluding carboxylic acids is 2. The number of hydrogen-bond acceptors (Lipinski definition) is 7. The molecule has 148 valence electrons. The molecule has 2 amide bonds. The number of ether oxygens (including phenoxy) is 5. The number of hydrogen-bond donors (Lipinski definition) is 2. The number of methoxy groups -OCH3 is 3. The van der Waals surface area contributed by atoms with Crippen molar-refractivity contribution in [1.82, 2.24) is 5.32 Å². The smallest absolute Gasteiger partial charge is 0.251 e. The van der Waals surface area contributed by atoms with Crippen LogP contribution in [0.2, 0.25) is 0 Å². The van der Waals surface area contributed by atoms with Gasteiger partial charge in [-0.2, -0.15) is 0 Å². The molecule has 1 aliphatic heterocycles. The first kappa shape index (κ1) is 19.2. The van der Waals surface area contributed by atoms with Crippen LogP contribution in [0.1, 0.15) is 10.4 Å². The molecule has 1 heterocycles. The number of benzene rings is 2. The Kier molecular flexibility index (Phi) is 5.73. The molecule has 9 heteroatoms. The average Bonchev–Trinajstić information content (AvgIpc) is 3.19. The molecule has 0 atom stereocenters. The molecule has 0 saturated carbocycles. The molecule has 28 heavy (non-hydrogen) atoms. The van der Waals surface area contributed by atoms with Gasteiger partial charge in [0.2, 0.25) is 18.4 Å². The van der Waals surface area contributed by atoms with Crippen LogP contribution in [-0.2, 0) is 4.79 Å². The van der Waals surface area contributed by atoms with Crippen LogP contribution in [0.5, 0.6) is 28.7 Å². The summed E-state index contributed by atoms with van der Waals surface area (Å²) in [5.41, 5.74) is 0.807. The van der Waals surface area contributed by atoms with E-state index < -0.39 is 11.8 Å². The SMILES string of the molecule is COc1cc(NC(=O)CNC(=O)c2ccc3c(c2)OCO3)cc(OC)c1OC. The van der Waals surface area contributed by atoms with E-state index in [4.69, 9.17) is 23.7 Å². The Morgan fingerprint density at radius 1 is 0.964 bits per heavy atom. The van der Waals surface area contributed by atoms with Crippen molar-refractivity contribution >= 4 is 17.5 Å². The third-order valence-corrected chi connectivity index (χ3v) is 3.99. The minimum atomic E-state index is -0.414. The van der Waals surface area contributed by atoms with Gasteiger partial charge in [0, 0.05) is 23.4 Å². The summed E-state index contributed by atoms with van der Waals surface area (Å²) in [4.78, 5) is 24.4. The number of anilines is 1. The molecule has 0 radical (unpaired) electrons. The van der Waals surface area contributed by atoms with Gasteiger partial charge in [-0.3, -0.25) is 9.59 Å². The Hall–Kier alpha value is -3.62. The van der Waals surface area contributed by atoms with Crippen molar-refractivity contribution in [3.8, 4) is 28.7 Å². The zero-order chi connectivity index (χ0) is 20.1. The fraction of sp³-hybridized carbons (Fsp3) is 0.263. The van der Waals surface area contributed by atoms with E-state index in [2.05, 4.69) is 10.6 Å². The van der Waals surface area contributed by atoms with E-state index in [0.29, 0.717) is 40.0 Å². The molecule has 0 spiro atoms. The summed E-state index contributed by atoms with van der Waals surface area (Å²) in [7, 11) is 4.45. The lowest BCUT2D eigenvalue weighted by molar-refractivity contribution is -0.115. The number of amides is 2. The van der Waals surface area contributed by atoms with Gasteiger partial charge in [0.25, 0.3) is 5.91 Å². The largest absolute Gasteiger partial charge is 0.493 e. The first-order valence-corrected chi connectivity index (χ1v) is 8.33. The van der Waals surface area contributed by atoms with Crippen LogP contribution >= 0.6 is 0 Å². The van der Waals surface area contributed by atoms with Gasteiger partial charge >= 0.3 is 0 Å². The van der Waals surface area contributed by atoms with Gasteiger partial charge in [0.15, 0.2) is 23.0 Å². The Labute approximate surface area is 161 Å². The summed E-state index contributed by atoms with van der Waals surface area (Å²) in [6.45, 7) is -0.0957. The quantitative estimate of drug-likeness (QED) is 0.745. The molecule has 0 aromatic heterocycles. The maximum absolute atomic E-state index is 12.2. The van der Waals surface area contributed by atoms with Crippen LogP contribution in [0.25, 0.3) is 0 Å². The molecule has 1 aliphatic rings. The molecular formula is C19H20N2O7. The lowest BCUT2D eigenvalue weighted by Crippen LogP contribution is -2.32. The Morgan fingerprint density at radius 3 is 2.29 bits per heavy atom. The van der Waals surface area contributed by atoms with Gasteiger partial charge in [0.05, 0.1) is 27.9 Å². The summed E-state index contributed by atoms with van der Waals surface area (Å²) in [6.07, 6.45) is 0. The van der Waals surface area contributed by atoms with Gasteiger partial charge in [-0.25, -0.2) is 0 Å². The van der Waals surface area contributed by atoms with E-state index in [1.54, 1.807) is 30.3 Å². The zero-order valence-electron chi connectivity index (χ0n) is 15.7. The second-order valence-corrected chi connectivity index (χ2v) is 5.71. The van der Waals surface area contributed by atoms with Crippen LogP contribution in [0, 0.1) is 0 Å². The fourth-order valence-corrected chi connectivity index (χ4v) is 2.66. The molecule has 2 aromatic carbocycles. The predicted octanol–water partition coefficient (Wildman–Crippen LogP) is 1.81. The second-order valence-electron chi connectivity index (χ2n) is 5.71. The van der Waals surface area contributed by atoms with Crippen molar-refractivity contribution in [1.29, 1.82) is 0 Å². The third-order valence-electron chi connectivity index (χ3n) is 3.99. The molecule has 3 rings (SSSR count). The van der Waals surface area contributed by atoms with E-state index in [-0.39, 0.29) is 13.3 Å². The number of rotatable bonds is 7. The van der Waals surface area contributed by atoms with Crippen LogP contribution < -0.4 is 34.3 Å². The Balaban J connectivity index is 1.62. The number of nitrogens with one attached hydrogen (secondary N) is 2. The van der Waals surface area contributed by atoms with Crippen molar-refractivity contribution in [2.45, 2.75) is 0 Å². The zero-order valence-corrected chi connectivity index (χ0v) is 15.7. The topological polar surface area (TPSA) is 104 Å². The van der Waals surface area contributed by atoms with Gasteiger partial charge in [-0.05, 0) is 18.2 Å². The average molecular weight is 388 g/mol. The highest BCUT2D eigenvalue weighted by Crippen LogP contribution is 2.39. The van der Waals surface area contributed by atoms with Crippen molar-refractivity contribution in [3.05, 3.63) is 35.9 Å². The molecule has 0 bridgehead atoms. The third kappa shape index (κ3) is 4.03. The van der Waals surface area contributed by atoms with Crippen LogP contribution in [0.15, 0.2) is 30.3 Å². The molecular weight excluding hydrogens is 368 g/mol. The van der Waals surface area contributed by atoms with Gasteiger partial charge in [-0.1, -0.05) is 0 Å². The lowest BCUT2D eigenvalue weighted by atomic mass is 10.2. The van der Waals surface area contributed by atoms with E-state index in [9.17, 15) is 9.59 Å². The van der Waals surface area contributed by atoms with Crippen molar-refractivity contribution in [2.24, 2.45) is 0 Å². The molecule has 2 aromatic rings. The maximum atomic E-state index is 12.2. The second kappa shape index (κ2) is 8.38. The molecule has 0 aliphatic carbocycles. The van der Waals surface area contributed by atoms with Crippen molar-refractivity contribution in [2.75, 3.05) is 40.0 Å². The summed E-state index contributed by atoms with van der Waals surface area (Å²) >= 11 is 0. The number of fused-ring (bicyclic) bond motifs is 1. The van der Waals surface area contributed by atoms with Gasteiger partial charge in [-0.15, -0.1) is 0 Å². The normalized spacial score (nSPS) is 11.5. The van der Waals surface area contributed by atoms with Crippen molar-refractivity contribution in [3.63, 3.8) is 0 Å². The highest BCUT2D eigenvalue weighted by molar-refractivity contribution is 5.99. The molecule has 9 nitrogen and oxygen atoms in total. The Bertz CT molecular complexity index is 873. The standard InChI is InChI=1S/C19H20N2O7/c1-24-15-7-12(8-16(25-2)18(15)26-3)21-17(22)9-20-19(23)11-4-5-13-14(6-11)28-10-27-13/h4-8H,9-10H2,1-3H3,(H,20,23)(H,21,22). The van der Waals surface area contributed by atoms with Crippen LogP contribution in [-0.4, -0.2) is 46.5 Å². The van der Waals surface area contributed by atoms with Crippen LogP contribution in [0.3, 0.4) is 0 Å². The van der Waals surface area contributed by atoms with E-state index in [1.165, 1.54) is 21.3 Å². The fourth-order valence-electron chi connectivity index (χ4n) is 2.66. The molecule has 0 fully saturated rings. The first-order valence-electron chi connectivity index (χ1n) is 8.33. The lowest BCUT2D eigenvalue weighted by Gasteiger charge is -2.14. The minimum absolute atomic E-state index is 0.123. The summed E-state index contributed by atoms with van der Waals surface area (Å²) in [5, 5.41) is 5.23. The summed E-state index contributed by atoms with van der Waals surface area (Å²) in [6, 6.07) is 8.00. The summed E-state index contributed by atoms with van der Waals surface area (Å²) < 4.78 is 26.2. The van der Waals surface area contributed by atoms with Gasteiger partial charge < -0.3 is 34.3 Å². The molecule has 2 N–H and O–H groups in total. The maximum Gasteiger partial charge on any atom is 0.251 e. The highest BCUT2D eigenvalue weighted by Gasteiger charge is 2.17. The Morgan fingerprint density at radius 2 is 1.64 bits per heavy atom. The van der Waals surface area contributed by atoms with Crippen LogP contribution in [0.4, 0.5) is 5.69 Å². The summed E-state index contributed by atoms with van der Waals surface area (Å²) in [5.74, 6) is 1.48. The monoisotopic (exact) mass is 388 g/mol. The van der Waals surface area contributed by atoms with E-state index in [1.807, 2.05) is 0 Å². The number of carbonyl (C=O) groups is 2. The minimum Gasteiger partial charge on any atom is -0.493 e. The van der Waals surface area contributed by atoms with E-state index in [0.717, 1.165) is 0 Å².